The summed E-state index contributed by atoms with van der Waals surface area (Å²) in [5, 5.41) is 8.65. The lowest BCUT2D eigenvalue weighted by molar-refractivity contribution is 0.102. The Hall–Kier alpha value is -3.29. The molecule has 0 aliphatic heterocycles. The molecule has 0 saturated carbocycles. The van der Waals surface area contributed by atoms with E-state index in [1.54, 1.807) is 36.5 Å². The molecule has 0 bridgehead atoms. The molecule has 0 unspecified atom stereocenters. The number of nitrogen functional groups attached to an aromatic ring is 1. The van der Waals surface area contributed by atoms with Crippen LogP contribution in [0.25, 0.3) is 5.82 Å². The molecule has 2 aromatic heterocycles. The molecule has 4 rings (SSSR count). The van der Waals surface area contributed by atoms with Crippen molar-refractivity contribution in [3.8, 4) is 5.82 Å². The predicted molar refractivity (Wildman–Crippen MR) is 120 cm³/mol. The number of nitrogens with zero attached hydrogens (tertiary/aromatic N) is 3. The summed E-state index contributed by atoms with van der Waals surface area (Å²) in [7, 11) is 0. The second-order valence-corrected chi connectivity index (χ2v) is 8.04. The monoisotopic (exact) mass is 435 g/mol. The first-order valence-corrected chi connectivity index (χ1v) is 10.3. The number of nitrogens with one attached hydrogen (secondary N) is 1. The first-order valence-electron chi connectivity index (χ1n) is 9.12. The van der Waals surface area contributed by atoms with Gasteiger partial charge in [0.1, 0.15) is 10.7 Å². The number of anilines is 2. The molecule has 0 fully saturated rings. The Kier molecular flexibility index (Phi) is 5.74. The largest absolute Gasteiger partial charge is 0.382 e. The van der Waals surface area contributed by atoms with Crippen LogP contribution in [0.5, 0.6) is 0 Å². The fourth-order valence-corrected chi connectivity index (χ4v) is 3.76. The minimum absolute atomic E-state index is 0.297. The number of carbonyl (C=O) groups is 1. The third kappa shape index (κ3) is 4.32. The van der Waals surface area contributed by atoms with Gasteiger partial charge in [-0.1, -0.05) is 47.1 Å². The zero-order valence-corrected chi connectivity index (χ0v) is 17.6. The molecule has 8 heteroatoms. The predicted octanol–water partition coefficient (Wildman–Crippen LogP) is 5.21. The van der Waals surface area contributed by atoms with Gasteiger partial charge in [-0.25, -0.2) is 4.98 Å². The molecule has 150 valence electrons. The standard InChI is InChI=1S/C22H18ClN5OS/c1-14-5-11-17(12-6-14)30-22-19(26-21(29)15-7-9-16(23)10-8-15)20(24)28(27-22)18-4-2-3-13-25-18/h2-13H,24H2,1H3,(H,26,29). The van der Waals surface area contributed by atoms with E-state index >= 15 is 0 Å². The molecule has 0 atom stereocenters. The molecule has 6 nitrogen and oxygen atoms in total. The number of aromatic nitrogens is 3. The van der Waals surface area contributed by atoms with Crippen molar-refractivity contribution in [3.05, 3.63) is 89.1 Å². The highest BCUT2D eigenvalue weighted by atomic mass is 35.5. The van der Waals surface area contributed by atoms with E-state index in [-0.39, 0.29) is 5.91 Å². The highest BCUT2D eigenvalue weighted by Crippen LogP contribution is 2.37. The Morgan fingerprint density at radius 2 is 1.80 bits per heavy atom. The van der Waals surface area contributed by atoms with Crippen molar-refractivity contribution in [1.82, 2.24) is 14.8 Å². The van der Waals surface area contributed by atoms with Gasteiger partial charge in [-0.15, -0.1) is 0 Å². The lowest BCUT2D eigenvalue weighted by Crippen LogP contribution is -2.13. The Labute approximate surface area is 183 Å². The van der Waals surface area contributed by atoms with Gasteiger partial charge in [0.2, 0.25) is 0 Å². The lowest BCUT2D eigenvalue weighted by atomic mass is 10.2. The highest BCUT2D eigenvalue weighted by Gasteiger charge is 2.21. The number of amides is 1. The van der Waals surface area contributed by atoms with E-state index in [0.29, 0.717) is 32.9 Å². The van der Waals surface area contributed by atoms with Crippen molar-refractivity contribution in [2.45, 2.75) is 16.8 Å². The van der Waals surface area contributed by atoms with E-state index in [9.17, 15) is 4.79 Å². The van der Waals surface area contributed by atoms with Gasteiger partial charge in [0, 0.05) is 21.7 Å². The van der Waals surface area contributed by atoms with Gasteiger partial charge in [0.25, 0.3) is 5.91 Å². The molecule has 2 aromatic carbocycles. The number of carbonyl (C=O) groups excluding carboxylic acids is 1. The molecular formula is C22H18ClN5OS. The molecule has 1 amide bonds. The normalized spacial score (nSPS) is 10.7. The minimum atomic E-state index is -0.301. The van der Waals surface area contributed by atoms with Crippen LogP contribution in [0.2, 0.25) is 5.02 Å². The molecule has 4 aromatic rings. The second-order valence-electron chi connectivity index (χ2n) is 6.54. The number of benzene rings is 2. The van der Waals surface area contributed by atoms with E-state index in [4.69, 9.17) is 17.3 Å². The number of hydrogen-bond acceptors (Lipinski definition) is 5. The summed E-state index contributed by atoms with van der Waals surface area (Å²) in [5.41, 5.74) is 8.44. The summed E-state index contributed by atoms with van der Waals surface area (Å²) in [4.78, 5) is 18.1. The second kappa shape index (κ2) is 8.61. The fourth-order valence-electron chi connectivity index (χ4n) is 2.76. The van der Waals surface area contributed by atoms with Crippen molar-refractivity contribution >= 4 is 40.8 Å². The van der Waals surface area contributed by atoms with Crippen LogP contribution in [0.1, 0.15) is 15.9 Å². The molecule has 30 heavy (non-hydrogen) atoms. The Morgan fingerprint density at radius 3 is 2.47 bits per heavy atom. The fraction of sp³-hybridized carbons (Fsp3) is 0.0455. The van der Waals surface area contributed by atoms with Crippen molar-refractivity contribution < 1.29 is 4.79 Å². The molecule has 2 heterocycles. The Balaban J connectivity index is 1.72. The molecule has 0 radical (unpaired) electrons. The van der Waals surface area contributed by atoms with Crippen LogP contribution in [-0.4, -0.2) is 20.7 Å². The Morgan fingerprint density at radius 1 is 1.07 bits per heavy atom. The lowest BCUT2D eigenvalue weighted by Gasteiger charge is -2.07. The zero-order chi connectivity index (χ0) is 21.1. The van der Waals surface area contributed by atoms with Crippen LogP contribution in [0.15, 0.2) is 82.8 Å². The zero-order valence-electron chi connectivity index (χ0n) is 16.0. The topological polar surface area (TPSA) is 85.8 Å². The number of aryl methyl sites for hydroxylation is 1. The van der Waals surface area contributed by atoms with Gasteiger partial charge in [-0.3, -0.25) is 4.79 Å². The van der Waals surface area contributed by atoms with E-state index in [1.807, 2.05) is 43.3 Å². The average molecular weight is 436 g/mol. The summed E-state index contributed by atoms with van der Waals surface area (Å²) in [6.45, 7) is 2.03. The molecule has 0 saturated heterocycles. The molecule has 0 aliphatic carbocycles. The van der Waals surface area contributed by atoms with Crippen LogP contribution in [0.4, 0.5) is 11.5 Å². The molecule has 0 aliphatic rings. The summed E-state index contributed by atoms with van der Waals surface area (Å²) in [5.74, 6) is 0.558. The SMILES string of the molecule is Cc1ccc(Sc2nn(-c3ccccn3)c(N)c2NC(=O)c2ccc(Cl)cc2)cc1. The quantitative estimate of drug-likeness (QED) is 0.449. The van der Waals surface area contributed by atoms with Crippen LogP contribution in [-0.2, 0) is 0 Å². The highest BCUT2D eigenvalue weighted by molar-refractivity contribution is 7.99. The maximum absolute atomic E-state index is 12.8. The van der Waals surface area contributed by atoms with Crippen molar-refractivity contribution in [2.24, 2.45) is 0 Å². The number of pyridine rings is 1. The molecule has 0 spiro atoms. The molecule has 3 N–H and O–H groups in total. The minimum Gasteiger partial charge on any atom is -0.382 e. The van der Waals surface area contributed by atoms with Gasteiger partial charge in [-0.2, -0.15) is 9.78 Å². The summed E-state index contributed by atoms with van der Waals surface area (Å²) in [6, 6.07) is 20.2. The summed E-state index contributed by atoms with van der Waals surface area (Å²) < 4.78 is 1.52. The van der Waals surface area contributed by atoms with Crippen molar-refractivity contribution in [3.63, 3.8) is 0 Å². The first-order chi connectivity index (χ1) is 14.5. The maximum atomic E-state index is 12.8. The van der Waals surface area contributed by atoms with Crippen LogP contribution >= 0.6 is 23.4 Å². The number of rotatable bonds is 5. The van der Waals surface area contributed by atoms with Gasteiger partial charge in [0.05, 0.1) is 0 Å². The van der Waals surface area contributed by atoms with Gasteiger partial charge in [-0.05, 0) is 55.5 Å². The van der Waals surface area contributed by atoms with E-state index in [0.717, 1.165) is 10.5 Å². The third-order valence-electron chi connectivity index (χ3n) is 4.34. The van der Waals surface area contributed by atoms with Crippen molar-refractivity contribution in [2.75, 3.05) is 11.1 Å². The molecular weight excluding hydrogens is 418 g/mol. The smallest absolute Gasteiger partial charge is 0.255 e. The third-order valence-corrected chi connectivity index (χ3v) is 5.57. The van der Waals surface area contributed by atoms with Crippen LogP contribution < -0.4 is 11.1 Å². The van der Waals surface area contributed by atoms with E-state index in [1.165, 1.54) is 16.4 Å². The Bertz CT molecular complexity index is 1170. The van der Waals surface area contributed by atoms with E-state index in [2.05, 4.69) is 15.4 Å². The number of nitrogens with two attached hydrogens (primary N) is 1. The van der Waals surface area contributed by atoms with Gasteiger partial charge in [0.15, 0.2) is 11.6 Å². The number of hydrogen-bond donors (Lipinski definition) is 2. The number of halogens is 1. The van der Waals surface area contributed by atoms with Gasteiger partial charge >= 0.3 is 0 Å². The first kappa shape index (κ1) is 20.0. The summed E-state index contributed by atoms with van der Waals surface area (Å²) in [6.07, 6.45) is 1.66. The van der Waals surface area contributed by atoms with Gasteiger partial charge < -0.3 is 11.1 Å². The van der Waals surface area contributed by atoms with Crippen LogP contribution in [0.3, 0.4) is 0 Å². The maximum Gasteiger partial charge on any atom is 0.255 e. The summed E-state index contributed by atoms with van der Waals surface area (Å²) >= 11 is 7.34. The average Bonchev–Trinajstić information content (AvgIpc) is 3.06. The van der Waals surface area contributed by atoms with Crippen molar-refractivity contribution in [1.29, 1.82) is 0 Å². The van der Waals surface area contributed by atoms with E-state index < -0.39 is 0 Å². The van der Waals surface area contributed by atoms with Crippen LogP contribution in [0, 0.1) is 6.92 Å².